The average Bonchev–Trinajstić information content (AvgIpc) is 3.33. The quantitative estimate of drug-likeness (QED) is 0.466. The Morgan fingerprint density at radius 1 is 0.935 bits per heavy atom. The van der Waals surface area contributed by atoms with Gasteiger partial charge in [-0.3, -0.25) is 9.10 Å². The Bertz CT molecular complexity index is 984. The molecule has 1 aliphatic rings. The van der Waals surface area contributed by atoms with Crippen LogP contribution in [0.1, 0.15) is 9.67 Å². The zero-order valence-corrected chi connectivity index (χ0v) is 20.1. The zero-order chi connectivity index (χ0) is 21.6. The summed E-state index contributed by atoms with van der Waals surface area (Å²) in [7, 11) is 4.09. The molecule has 0 atom stereocenters. The lowest BCUT2D eigenvalue weighted by Crippen LogP contribution is -2.48. The van der Waals surface area contributed by atoms with E-state index in [4.69, 9.17) is 0 Å². The van der Waals surface area contributed by atoms with Gasteiger partial charge in [-0.1, -0.05) is 18.2 Å². The van der Waals surface area contributed by atoms with Crippen LogP contribution in [0.4, 0.5) is 11.4 Å². The van der Waals surface area contributed by atoms with E-state index in [1.165, 1.54) is 26.8 Å². The van der Waals surface area contributed by atoms with Crippen LogP contribution < -0.4 is 9.62 Å². The fourth-order valence-corrected chi connectivity index (χ4v) is 5.48. The molecule has 1 N–H and O–H groups in total. The van der Waals surface area contributed by atoms with Crippen LogP contribution in [0.3, 0.4) is 0 Å². The highest BCUT2D eigenvalue weighted by Crippen LogP contribution is 2.32. The van der Waals surface area contributed by atoms with Crippen molar-refractivity contribution in [2.24, 2.45) is 0 Å². The fraction of sp³-hybridized carbons (Fsp3) is 0.261. The van der Waals surface area contributed by atoms with E-state index in [1.807, 2.05) is 36.5 Å². The molecule has 0 saturated carbocycles. The first-order valence-corrected chi connectivity index (χ1v) is 12.6. The third-order valence-corrected chi connectivity index (χ3v) is 7.47. The highest BCUT2D eigenvalue weighted by atomic mass is 32.2. The maximum absolute atomic E-state index is 12.6. The minimum Gasteiger partial charge on any atom is -0.366 e. The lowest BCUT2D eigenvalue weighted by molar-refractivity contribution is 0.0751. The molecular weight excluding hydrogens is 444 g/mol. The van der Waals surface area contributed by atoms with Crippen LogP contribution in [0.2, 0.25) is 0 Å². The third kappa shape index (κ3) is 5.77. The number of thiophene rings is 1. The van der Waals surface area contributed by atoms with Crippen molar-refractivity contribution in [2.45, 2.75) is 9.79 Å². The summed E-state index contributed by atoms with van der Waals surface area (Å²) in [5.41, 5.74) is 2.27. The molecule has 0 bridgehead atoms. The molecule has 4 rings (SSSR count). The van der Waals surface area contributed by atoms with E-state index >= 15 is 0 Å². The van der Waals surface area contributed by atoms with Gasteiger partial charge in [-0.15, -0.1) is 11.3 Å². The summed E-state index contributed by atoms with van der Waals surface area (Å²) in [6.07, 6.45) is 0. The van der Waals surface area contributed by atoms with Crippen molar-refractivity contribution in [3.63, 3.8) is 0 Å². The molecule has 1 fully saturated rings. The minimum atomic E-state index is 0.146. The number of carbonyl (C=O) groups is 1. The Labute approximate surface area is 196 Å². The van der Waals surface area contributed by atoms with Gasteiger partial charge >= 0.3 is 0 Å². The van der Waals surface area contributed by atoms with Gasteiger partial charge in [0.15, 0.2) is 0 Å². The molecule has 1 aliphatic heterocycles. The molecule has 1 saturated heterocycles. The average molecular weight is 471 g/mol. The number of benzene rings is 2. The van der Waals surface area contributed by atoms with E-state index in [9.17, 15) is 4.79 Å². The van der Waals surface area contributed by atoms with Crippen molar-refractivity contribution in [1.29, 1.82) is 0 Å². The van der Waals surface area contributed by atoms with Crippen molar-refractivity contribution in [3.8, 4) is 0 Å². The van der Waals surface area contributed by atoms with Gasteiger partial charge in [-0.2, -0.15) is 0 Å². The predicted octanol–water partition coefficient (Wildman–Crippen LogP) is 5.40. The molecule has 1 aromatic heterocycles. The van der Waals surface area contributed by atoms with Gasteiger partial charge in [0.25, 0.3) is 5.91 Å². The second-order valence-electron chi connectivity index (χ2n) is 7.35. The smallest absolute Gasteiger partial charge is 0.264 e. The standard InChI is InChI=1S/C23H26N4OS3/c1-25(2)31-19-11-9-18(10-12-19)30-24-20-6-3-4-7-21(20)26-13-15-27(16-14-26)23(28)22-8-5-17-29-22/h3-12,17,24H,13-16H2,1-2H3. The lowest BCUT2D eigenvalue weighted by Gasteiger charge is -2.36. The van der Waals surface area contributed by atoms with Crippen molar-refractivity contribution in [2.75, 3.05) is 49.9 Å². The summed E-state index contributed by atoms with van der Waals surface area (Å²) in [5.74, 6) is 0.146. The highest BCUT2D eigenvalue weighted by molar-refractivity contribution is 8.00. The molecule has 0 aliphatic carbocycles. The van der Waals surface area contributed by atoms with E-state index in [-0.39, 0.29) is 5.91 Å². The van der Waals surface area contributed by atoms with Crippen molar-refractivity contribution >= 4 is 52.5 Å². The molecule has 8 heteroatoms. The number of rotatable bonds is 7. The highest BCUT2D eigenvalue weighted by Gasteiger charge is 2.23. The first-order chi connectivity index (χ1) is 15.1. The van der Waals surface area contributed by atoms with Crippen LogP contribution in [0.25, 0.3) is 0 Å². The molecule has 0 unspecified atom stereocenters. The van der Waals surface area contributed by atoms with Crippen LogP contribution >= 0.6 is 35.2 Å². The maximum Gasteiger partial charge on any atom is 0.264 e. The first kappa shape index (κ1) is 22.1. The molecular formula is C23H26N4OS3. The number of amides is 1. The molecule has 2 heterocycles. The second-order valence-corrected chi connectivity index (χ2v) is 10.6. The summed E-state index contributed by atoms with van der Waals surface area (Å²) in [6, 6.07) is 20.8. The number of nitrogens with one attached hydrogen (secondary N) is 1. The second kappa shape index (κ2) is 10.5. The van der Waals surface area contributed by atoms with Crippen molar-refractivity contribution < 1.29 is 4.79 Å². The zero-order valence-electron chi connectivity index (χ0n) is 17.7. The summed E-state index contributed by atoms with van der Waals surface area (Å²) in [4.78, 5) is 20.1. The van der Waals surface area contributed by atoms with Crippen LogP contribution in [-0.4, -0.2) is 55.4 Å². The molecule has 0 spiro atoms. The number of hydrogen-bond donors (Lipinski definition) is 1. The normalized spacial score (nSPS) is 14.2. The van der Waals surface area contributed by atoms with E-state index in [2.05, 4.69) is 62.5 Å². The monoisotopic (exact) mass is 470 g/mol. The van der Waals surface area contributed by atoms with Crippen LogP contribution in [0, 0.1) is 0 Å². The van der Waals surface area contributed by atoms with E-state index in [1.54, 1.807) is 23.9 Å². The van der Waals surface area contributed by atoms with Gasteiger partial charge < -0.3 is 14.5 Å². The summed E-state index contributed by atoms with van der Waals surface area (Å²) in [5, 5.41) is 1.96. The number of piperazine rings is 1. The van der Waals surface area contributed by atoms with Crippen LogP contribution in [0.15, 0.2) is 75.8 Å². The Morgan fingerprint density at radius 3 is 2.32 bits per heavy atom. The Balaban J connectivity index is 1.36. The van der Waals surface area contributed by atoms with E-state index < -0.39 is 0 Å². The number of hydrogen-bond acceptors (Lipinski definition) is 7. The summed E-state index contributed by atoms with van der Waals surface area (Å²) < 4.78 is 5.61. The van der Waals surface area contributed by atoms with Gasteiger partial charge in [-0.05, 0) is 85.8 Å². The first-order valence-electron chi connectivity index (χ1n) is 10.1. The van der Waals surface area contributed by atoms with Crippen LogP contribution in [0.5, 0.6) is 0 Å². The SMILES string of the molecule is CN(C)Sc1ccc(SNc2ccccc2N2CCN(C(=O)c3cccs3)CC2)cc1. The fourth-order valence-electron chi connectivity index (χ4n) is 3.44. The van der Waals surface area contributed by atoms with Gasteiger partial charge in [0.05, 0.1) is 16.3 Å². The molecule has 162 valence electrons. The number of carbonyl (C=O) groups excluding carboxylic acids is 1. The predicted molar refractivity (Wildman–Crippen MR) is 134 cm³/mol. The molecule has 1 amide bonds. The maximum atomic E-state index is 12.6. The van der Waals surface area contributed by atoms with Gasteiger partial charge in [0.1, 0.15) is 0 Å². The summed E-state index contributed by atoms with van der Waals surface area (Å²) in [6.45, 7) is 3.14. The Morgan fingerprint density at radius 2 is 1.65 bits per heavy atom. The Kier molecular flexibility index (Phi) is 7.45. The molecule has 2 aromatic carbocycles. The molecule has 5 nitrogen and oxygen atoms in total. The number of para-hydroxylation sites is 2. The minimum absolute atomic E-state index is 0.146. The molecule has 31 heavy (non-hydrogen) atoms. The van der Waals surface area contributed by atoms with Crippen molar-refractivity contribution in [3.05, 3.63) is 70.9 Å². The molecule has 3 aromatic rings. The van der Waals surface area contributed by atoms with Crippen LogP contribution in [-0.2, 0) is 0 Å². The topological polar surface area (TPSA) is 38.8 Å². The van der Waals surface area contributed by atoms with E-state index in [0.29, 0.717) is 0 Å². The lowest BCUT2D eigenvalue weighted by atomic mass is 10.2. The third-order valence-electron chi connectivity index (χ3n) is 4.93. The number of anilines is 2. The van der Waals surface area contributed by atoms with E-state index in [0.717, 1.165) is 36.7 Å². The van der Waals surface area contributed by atoms with Gasteiger partial charge in [0.2, 0.25) is 0 Å². The van der Waals surface area contributed by atoms with Gasteiger partial charge in [0, 0.05) is 36.0 Å². The summed E-state index contributed by atoms with van der Waals surface area (Å²) >= 11 is 4.85. The van der Waals surface area contributed by atoms with Gasteiger partial charge in [-0.25, -0.2) is 0 Å². The Hall–Kier alpha value is -2.13. The number of nitrogens with zero attached hydrogens (tertiary/aromatic N) is 3. The largest absolute Gasteiger partial charge is 0.366 e. The molecule has 0 radical (unpaired) electrons. The van der Waals surface area contributed by atoms with Crippen molar-refractivity contribution in [1.82, 2.24) is 9.21 Å².